The monoisotopic (exact) mass is 373 g/mol. The number of sulfonamides is 1. The van der Waals surface area contributed by atoms with Crippen molar-refractivity contribution in [3.8, 4) is 0 Å². The van der Waals surface area contributed by atoms with E-state index in [4.69, 9.17) is 0 Å². The highest BCUT2D eigenvalue weighted by Gasteiger charge is 2.30. The number of benzene rings is 2. The van der Waals surface area contributed by atoms with Crippen molar-refractivity contribution in [3.63, 3.8) is 0 Å². The summed E-state index contributed by atoms with van der Waals surface area (Å²) in [5.41, 5.74) is 1.12. The van der Waals surface area contributed by atoms with Crippen LogP contribution in [0, 0.1) is 13.8 Å². The Labute approximate surface area is 144 Å². The van der Waals surface area contributed by atoms with E-state index in [-0.39, 0.29) is 17.0 Å². The molecule has 0 aliphatic rings. The fraction of sp³-hybridized carbons (Fsp3) is 0.294. The van der Waals surface area contributed by atoms with E-state index in [0.717, 1.165) is 35.4 Å². The minimum Gasteiger partial charge on any atom is -0.387 e. The molecule has 0 bridgehead atoms. The van der Waals surface area contributed by atoms with Gasteiger partial charge in [0.2, 0.25) is 10.0 Å². The van der Waals surface area contributed by atoms with E-state index in [9.17, 15) is 26.7 Å². The molecule has 25 heavy (non-hydrogen) atoms. The third-order valence-electron chi connectivity index (χ3n) is 3.88. The van der Waals surface area contributed by atoms with Crippen LogP contribution in [-0.4, -0.2) is 20.1 Å². The van der Waals surface area contributed by atoms with Crippen molar-refractivity contribution in [2.24, 2.45) is 0 Å². The van der Waals surface area contributed by atoms with Crippen LogP contribution in [0.4, 0.5) is 13.2 Å². The number of rotatable bonds is 5. The molecule has 0 saturated heterocycles. The Kier molecular flexibility index (Phi) is 5.55. The predicted octanol–water partition coefficient (Wildman–Crippen LogP) is 3.33. The van der Waals surface area contributed by atoms with Gasteiger partial charge in [-0.25, -0.2) is 13.1 Å². The molecule has 1 atom stereocenters. The van der Waals surface area contributed by atoms with Gasteiger partial charge >= 0.3 is 6.18 Å². The molecule has 0 spiro atoms. The lowest BCUT2D eigenvalue weighted by atomic mass is 10.1. The van der Waals surface area contributed by atoms with Crippen LogP contribution in [0.3, 0.4) is 0 Å². The number of aliphatic hydroxyl groups is 1. The highest BCUT2D eigenvalue weighted by Crippen LogP contribution is 2.29. The Morgan fingerprint density at radius 2 is 1.64 bits per heavy atom. The summed E-state index contributed by atoms with van der Waals surface area (Å²) in [6.07, 6.45) is -5.72. The molecule has 8 heteroatoms. The van der Waals surface area contributed by atoms with Crippen LogP contribution in [0.1, 0.15) is 28.4 Å². The van der Waals surface area contributed by atoms with Crippen LogP contribution in [0.25, 0.3) is 0 Å². The molecular weight excluding hydrogens is 355 g/mol. The van der Waals surface area contributed by atoms with E-state index >= 15 is 0 Å². The van der Waals surface area contributed by atoms with E-state index in [1.807, 2.05) is 6.92 Å². The van der Waals surface area contributed by atoms with E-state index in [1.54, 1.807) is 13.0 Å². The van der Waals surface area contributed by atoms with Crippen LogP contribution in [0.2, 0.25) is 0 Å². The standard InChI is InChI=1S/C17H18F3NO3S/c1-11-3-8-15(9-12(11)2)25(23,24)21-10-16(22)13-4-6-14(7-5-13)17(18,19)20/h3-9,16,21-22H,10H2,1-2H3. The SMILES string of the molecule is Cc1ccc(S(=O)(=O)NCC(O)c2ccc(C(F)(F)F)cc2)cc1C. The fourth-order valence-corrected chi connectivity index (χ4v) is 3.29. The van der Waals surface area contributed by atoms with Gasteiger partial charge in [-0.1, -0.05) is 18.2 Å². The number of alkyl halides is 3. The van der Waals surface area contributed by atoms with Gasteiger partial charge in [-0.15, -0.1) is 0 Å². The highest BCUT2D eigenvalue weighted by molar-refractivity contribution is 7.89. The third kappa shape index (κ3) is 4.81. The minimum atomic E-state index is -4.46. The summed E-state index contributed by atoms with van der Waals surface area (Å²) in [4.78, 5) is 0.0650. The van der Waals surface area contributed by atoms with E-state index in [2.05, 4.69) is 4.72 Å². The summed E-state index contributed by atoms with van der Waals surface area (Å²) >= 11 is 0. The van der Waals surface area contributed by atoms with Gasteiger partial charge in [-0.2, -0.15) is 13.2 Å². The van der Waals surface area contributed by atoms with Gasteiger partial charge in [0.15, 0.2) is 0 Å². The smallest absolute Gasteiger partial charge is 0.387 e. The van der Waals surface area contributed by atoms with Gasteiger partial charge in [-0.3, -0.25) is 0 Å². The molecule has 0 fully saturated rings. The van der Waals surface area contributed by atoms with Crippen molar-refractivity contribution >= 4 is 10.0 Å². The molecule has 0 radical (unpaired) electrons. The molecular formula is C17H18F3NO3S. The Morgan fingerprint density at radius 3 is 2.16 bits per heavy atom. The minimum absolute atomic E-state index is 0.0650. The molecule has 0 aliphatic carbocycles. The third-order valence-corrected chi connectivity index (χ3v) is 5.30. The Morgan fingerprint density at radius 1 is 1.04 bits per heavy atom. The lowest BCUT2D eigenvalue weighted by Gasteiger charge is -2.14. The van der Waals surface area contributed by atoms with Crippen LogP contribution < -0.4 is 4.72 Å². The molecule has 0 heterocycles. The van der Waals surface area contributed by atoms with Crippen molar-refractivity contribution in [2.45, 2.75) is 31.0 Å². The summed E-state index contributed by atoms with van der Waals surface area (Å²) in [5.74, 6) is 0. The number of halogens is 3. The Hall–Kier alpha value is -1.90. The second-order valence-electron chi connectivity index (χ2n) is 5.73. The lowest BCUT2D eigenvalue weighted by Crippen LogP contribution is -2.28. The molecule has 136 valence electrons. The summed E-state index contributed by atoms with van der Waals surface area (Å²) < 4.78 is 64.3. The summed E-state index contributed by atoms with van der Waals surface area (Å²) in [7, 11) is -3.82. The van der Waals surface area contributed by atoms with Crippen molar-refractivity contribution in [3.05, 3.63) is 64.7 Å². The number of nitrogens with one attached hydrogen (secondary N) is 1. The molecule has 2 aromatic carbocycles. The number of aryl methyl sites for hydroxylation is 2. The molecule has 0 aliphatic heterocycles. The average Bonchev–Trinajstić information content (AvgIpc) is 2.54. The largest absolute Gasteiger partial charge is 0.416 e. The Bertz CT molecular complexity index is 846. The summed E-state index contributed by atoms with van der Waals surface area (Å²) in [6, 6.07) is 8.58. The topological polar surface area (TPSA) is 66.4 Å². The zero-order valence-corrected chi connectivity index (χ0v) is 14.4. The van der Waals surface area contributed by atoms with Crippen molar-refractivity contribution < 1.29 is 26.7 Å². The fourth-order valence-electron chi connectivity index (χ4n) is 2.17. The van der Waals surface area contributed by atoms with Crippen LogP contribution in [-0.2, 0) is 16.2 Å². The maximum absolute atomic E-state index is 12.5. The van der Waals surface area contributed by atoms with Crippen molar-refractivity contribution in [2.75, 3.05) is 6.54 Å². The number of hydrogen-bond donors (Lipinski definition) is 2. The zero-order chi connectivity index (χ0) is 18.8. The first-order valence-electron chi connectivity index (χ1n) is 7.43. The van der Waals surface area contributed by atoms with Gasteiger partial charge in [0, 0.05) is 6.54 Å². The lowest BCUT2D eigenvalue weighted by molar-refractivity contribution is -0.137. The molecule has 2 N–H and O–H groups in total. The quantitative estimate of drug-likeness (QED) is 0.845. The van der Waals surface area contributed by atoms with Crippen molar-refractivity contribution in [1.29, 1.82) is 0 Å². The molecule has 4 nitrogen and oxygen atoms in total. The molecule has 2 aromatic rings. The Balaban J connectivity index is 2.08. The van der Waals surface area contributed by atoms with Gasteiger partial charge in [0.1, 0.15) is 0 Å². The first kappa shape index (κ1) is 19.4. The molecule has 0 amide bonds. The first-order chi connectivity index (χ1) is 11.5. The number of aliphatic hydroxyl groups excluding tert-OH is 1. The maximum atomic E-state index is 12.5. The maximum Gasteiger partial charge on any atom is 0.416 e. The second kappa shape index (κ2) is 7.15. The van der Waals surface area contributed by atoms with Gasteiger partial charge in [-0.05, 0) is 54.8 Å². The van der Waals surface area contributed by atoms with Gasteiger partial charge in [0.25, 0.3) is 0 Å². The molecule has 2 rings (SSSR count). The number of hydrogen-bond acceptors (Lipinski definition) is 3. The van der Waals surface area contributed by atoms with E-state index < -0.39 is 27.9 Å². The van der Waals surface area contributed by atoms with Gasteiger partial charge < -0.3 is 5.11 Å². The normalized spacial score (nSPS) is 13.7. The van der Waals surface area contributed by atoms with E-state index in [1.165, 1.54) is 12.1 Å². The highest BCUT2D eigenvalue weighted by atomic mass is 32.2. The van der Waals surface area contributed by atoms with Crippen molar-refractivity contribution in [1.82, 2.24) is 4.72 Å². The molecule has 1 unspecified atom stereocenters. The van der Waals surface area contributed by atoms with Crippen LogP contribution in [0.5, 0.6) is 0 Å². The molecule has 0 saturated carbocycles. The average molecular weight is 373 g/mol. The van der Waals surface area contributed by atoms with Crippen LogP contribution >= 0.6 is 0 Å². The van der Waals surface area contributed by atoms with Gasteiger partial charge in [0.05, 0.1) is 16.6 Å². The zero-order valence-electron chi connectivity index (χ0n) is 13.6. The second-order valence-corrected chi connectivity index (χ2v) is 7.50. The molecule has 0 aromatic heterocycles. The summed E-state index contributed by atoms with van der Waals surface area (Å²) in [5, 5.41) is 10.0. The van der Waals surface area contributed by atoms with E-state index in [0.29, 0.717) is 0 Å². The van der Waals surface area contributed by atoms with Crippen LogP contribution in [0.15, 0.2) is 47.4 Å². The predicted molar refractivity (Wildman–Crippen MR) is 87.5 cm³/mol. The summed E-state index contributed by atoms with van der Waals surface area (Å²) in [6.45, 7) is 3.29. The first-order valence-corrected chi connectivity index (χ1v) is 8.91.